The molecule has 0 rings (SSSR count). The van der Waals surface area contributed by atoms with Crippen LogP contribution in [0.3, 0.4) is 0 Å². The Labute approximate surface area is 158 Å². The quantitative estimate of drug-likeness (QED) is 0.174. The van der Waals surface area contributed by atoms with Crippen LogP contribution in [-0.4, -0.2) is 12.6 Å². The first-order valence-electron chi connectivity index (χ1n) is 11.4. The van der Waals surface area contributed by atoms with E-state index in [1.54, 1.807) is 0 Å². The molecule has 1 unspecified atom stereocenters. The van der Waals surface area contributed by atoms with Crippen molar-refractivity contribution in [3.63, 3.8) is 0 Å². The number of hydrogen-bond acceptors (Lipinski definition) is 2. The highest BCUT2D eigenvalue weighted by atomic mass is 16.5. The molecule has 0 fully saturated rings. The zero-order chi connectivity index (χ0) is 18.6. The fourth-order valence-electron chi connectivity index (χ4n) is 3.25. The van der Waals surface area contributed by atoms with Crippen molar-refractivity contribution in [2.75, 3.05) is 6.61 Å². The second-order valence-corrected chi connectivity index (χ2v) is 7.81. The molecule has 0 aliphatic rings. The monoisotopic (exact) mass is 354 g/mol. The number of rotatable bonds is 19. The van der Waals surface area contributed by atoms with Gasteiger partial charge >= 0.3 is 5.97 Å². The van der Waals surface area contributed by atoms with Gasteiger partial charge in [-0.25, -0.2) is 0 Å². The van der Waals surface area contributed by atoms with Gasteiger partial charge in [0.2, 0.25) is 0 Å². The van der Waals surface area contributed by atoms with Gasteiger partial charge in [0, 0.05) is 0 Å². The largest absolute Gasteiger partial charge is 0.465 e. The third kappa shape index (κ3) is 18.1. The van der Waals surface area contributed by atoms with Crippen molar-refractivity contribution >= 4 is 5.97 Å². The molecule has 0 spiro atoms. The SMILES string of the molecule is CCCCCCCCCCCCCCOC(=O)C(C)CCCCCC. The molecule has 2 heteroatoms. The third-order valence-corrected chi connectivity index (χ3v) is 5.14. The van der Waals surface area contributed by atoms with Crippen molar-refractivity contribution in [1.29, 1.82) is 0 Å². The van der Waals surface area contributed by atoms with Crippen LogP contribution in [0, 0.1) is 5.92 Å². The first-order chi connectivity index (χ1) is 12.2. The smallest absolute Gasteiger partial charge is 0.308 e. The lowest BCUT2D eigenvalue weighted by atomic mass is 10.0. The number of carbonyl (C=O) groups is 1. The Kier molecular flexibility index (Phi) is 19.4. The van der Waals surface area contributed by atoms with Crippen molar-refractivity contribution in [3.05, 3.63) is 0 Å². The minimum atomic E-state index is 0.0135. The molecule has 1 atom stereocenters. The van der Waals surface area contributed by atoms with Gasteiger partial charge in [-0.05, 0) is 12.8 Å². The fraction of sp³-hybridized carbons (Fsp3) is 0.957. The summed E-state index contributed by atoms with van der Waals surface area (Å²) in [6, 6.07) is 0. The van der Waals surface area contributed by atoms with Crippen LogP contribution in [0.15, 0.2) is 0 Å². The van der Waals surface area contributed by atoms with Crippen LogP contribution >= 0.6 is 0 Å². The predicted octanol–water partition coefficient (Wildman–Crippen LogP) is 7.84. The van der Waals surface area contributed by atoms with Crippen LogP contribution in [0.4, 0.5) is 0 Å². The summed E-state index contributed by atoms with van der Waals surface area (Å²) in [7, 11) is 0. The molecule has 0 heterocycles. The molecule has 25 heavy (non-hydrogen) atoms. The van der Waals surface area contributed by atoms with Gasteiger partial charge in [-0.3, -0.25) is 4.79 Å². The van der Waals surface area contributed by atoms with Gasteiger partial charge in [-0.15, -0.1) is 0 Å². The third-order valence-electron chi connectivity index (χ3n) is 5.14. The minimum absolute atomic E-state index is 0.0135. The highest BCUT2D eigenvalue weighted by molar-refractivity contribution is 5.71. The summed E-state index contributed by atoms with van der Waals surface area (Å²) >= 11 is 0. The Morgan fingerprint density at radius 1 is 0.640 bits per heavy atom. The average molecular weight is 355 g/mol. The highest BCUT2D eigenvalue weighted by Crippen LogP contribution is 2.14. The molecule has 0 amide bonds. The second kappa shape index (κ2) is 19.8. The topological polar surface area (TPSA) is 26.3 Å². The molecule has 0 aromatic carbocycles. The zero-order valence-electron chi connectivity index (χ0n) is 17.6. The van der Waals surface area contributed by atoms with Crippen LogP contribution in [0.2, 0.25) is 0 Å². The number of hydrogen-bond donors (Lipinski definition) is 0. The van der Waals surface area contributed by atoms with Crippen LogP contribution in [0.5, 0.6) is 0 Å². The Morgan fingerprint density at radius 3 is 1.52 bits per heavy atom. The van der Waals surface area contributed by atoms with E-state index in [1.165, 1.54) is 89.9 Å². The summed E-state index contributed by atoms with van der Waals surface area (Å²) in [6.45, 7) is 7.12. The maximum absolute atomic E-state index is 11.9. The lowest BCUT2D eigenvalue weighted by Crippen LogP contribution is -2.15. The van der Waals surface area contributed by atoms with Crippen LogP contribution in [-0.2, 0) is 9.53 Å². The minimum Gasteiger partial charge on any atom is -0.465 e. The lowest BCUT2D eigenvalue weighted by Gasteiger charge is -2.11. The van der Waals surface area contributed by atoms with Crippen molar-refractivity contribution in [2.24, 2.45) is 5.92 Å². The molecule has 150 valence electrons. The number of esters is 1. The normalized spacial score (nSPS) is 12.3. The molecule has 0 bridgehead atoms. The lowest BCUT2D eigenvalue weighted by molar-refractivity contribution is -0.148. The zero-order valence-corrected chi connectivity index (χ0v) is 17.6. The van der Waals surface area contributed by atoms with Crippen molar-refractivity contribution < 1.29 is 9.53 Å². The Balaban J connectivity index is 3.25. The Morgan fingerprint density at radius 2 is 1.04 bits per heavy atom. The van der Waals surface area contributed by atoms with Gasteiger partial charge in [0.05, 0.1) is 12.5 Å². The molecule has 0 saturated carbocycles. The highest BCUT2D eigenvalue weighted by Gasteiger charge is 2.13. The Hall–Kier alpha value is -0.530. The second-order valence-electron chi connectivity index (χ2n) is 7.81. The van der Waals surface area contributed by atoms with Gasteiger partial charge in [-0.1, -0.05) is 117 Å². The van der Waals surface area contributed by atoms with E-state index in [4.69, 9.17) is 4.74 Å². The molecular formula is C23H46O2. The summed E-state index contributed by atoms with van der Waals surface area (Å²) in [6.07, 6.45) is 22.0. The first kappa shape index (κ1) is 24.5. The van der Waals surface area contributed by atoms with Gasteiger partial charge in [0.15, 0.2) is 0 Å². The predicted molar refractivity (Wildman–Crippen MR) is 110 cm³/mol. The standard InChI is InChI=1S/C23H46O2/c1-4-6-8-10-11-12-13-14-15-16-17-19-21-25-23(24)22(3)20-18-9-7-5-2/h22H,4-21H2,1-3H3. The van der Waals surface area contributed by atoms with E-state index in [1.807, 2.05) is 6.92 Å². The molecule has 0 N–H and O–H groups in total. The van der Waals surface area contributed by atoms with E-state index < -0.39 is 0 Å². The first-order valence-corrected chi connectivity index (χ1v) is 11.4. The molecule has 0 aliphatic heterocycles. The van der Waals surface area contributed by atoms with Crippen molar-refractivity contribution in [1.82, 2.24) is 0 Å². The average Bonchev–Trinajstić information content (AvgIpc) is 2.62. The van der Waals surface area contributed by atoms with Crippen molar-refractivity contribution in [2.45, 2.75) is 130 Å². The molecule has 0 radical (unpaired) electrons. The van der Waals surface area contributed by atoms with E-state index in [0.29, 0.717) is 6.61 Å². The molecule has 0 aromatic heterocycles. The number of carbonyl (C=O) groups excluding carboxylic acids is 1. The van der Waals surface area contributed by atoms with Crippen LogP contribution in [0.1, 0.15) is 130 Å². The molecule has 0 aromatic rings. The Bertz CT molecular complexity index is 275. The maximum Gasteiger partial charge on any atom is 0.308 e. The van der Waals surface area contributed by atoms with E-state index >= 15 is 0 Å². The van der Waals surface area contributed by atoms with E-state index in [2.05, 4.69) is 13.8 Å². The number of unbranched alkanes of at least 4 members (excludes halogenated alkanes) is 14. The molecule has 0 saturated heterocycles. The van der Waals surface area contributed by atoms with E-state index in [0.717, 1.165) is 19.3 Å². The van der Waals surface area contributed by atoms with Crippen LogP contribution < -0.4 is 0 Å². The summed E-state index contributed by atoms with van der Waals surface area (Å²) in [5, 5.41) is 0. The molecular weight excluding hydrogens is 308 g/mol. The van der Waals surface area contributed by atoms with Crippen molar-refractivity contribution in [3.8, 4) is 0 Å². The fourth-order valence-corrected chi connectivity index (χ4v) is 3.25. The molecule has 2 nitrogen and oxygen atoms in total. The molecule has 0 aliphatic carbocycles. The summed E-state index contributed by atoms with van der Waals surface area (Å²) in [4.78, 5) is 11.9. The van der Waals surface area contributed by atoms with E-state index in [-0.39, 0.29) is 11.9 Å². The summed E-state index contributed by atoms with van der Waals surface area (Å²) < 4.78 is 5.41. The summed E-state index contributed by atoms with van der Waals surface area (Å²) in [5.41, 5.74) is 0. The maximum atomic E-state index is 11.9. The van der Waals surface area contributed by atoms with Gasteiger partial charge in [-0.2, -0.15) is 0 Å². The van der Waals surface area contributed by atoms with Gasteiger partial charge in [0.1, 0.15) is 0 Å². The van der Waals surface area contributed by atoms with Crippen LogP contribution in [0.25, 0.3) is 0 Å². The number of ether oxygens (including phenoxy) is 1. The van der Waals surface area contributed by atoms with Gasteiger partial charge < -0.3 is 4.74 Å². The van der Waals surface area contributed by atoms with E-state index in [9.17, 15) is 4.79 Å². The summed E-state index contributed by atoms with van der Waals surface area (Å²) in [5.74, 6) is 0.0914. The van der Waals surface area contributed by atoms with Gasteiger partial charge in [0.25, 0.3) is 0 Å².